The average molecular weight is 389 g/mol. The number of anilines is 1. The summed E-state index contributed by atoms with van der Waals surface area (Å²) >= 11 is 0. The predicted octanol–water partition coefficient (Wildman–Crippen LogP) is 2.99. The molecule has 1 aromatic heterocycles. The zero-order valence-corrected chi connectivity index (χ0v) is 15.1. The Bertz CT molecular complexity index is 1050. The molecular weight excluding hydrogens is 373 g/mol. The van der Waals surface area contributed by atoms with Crippen LogP contribution in [0.15, 0.2) is 65.7 Å². The van der Waals surface area contributed by atoms with Crippen LogP contribution in [0.2, 0.25) is 0 Å². The number of hydrogen-bond acceptors (Lipinski definition) is 5. The lowest BCUT2D eigenvalue weighted by Gasteiger charge is -2.12. The smallest absolute Gasteiger partial charge is 0.343 e. The first-order valence-corrected chi connectivity index (χ1v) is 9.49. The molecule has 0 fully saturated rings. The van der Waals surface area contributed by atoms with Crippen LogP contribution >= 0.6 is 0 Å². The molecule has 1 N–H and O–H groups in total. The van der Waals surface area contributed by atoms with Crippen LogP contribution in [-0.4, -0.2) is 30.8 Å². The number of aromatic nitrogens is 2. The van der Waals surface area contributed by atoms with Crippen LogP contribution in [0.25, 0.3) is 5.69 Å². The van der Waals surface area contributed by atoms with E-state index in [9.17, 15) is 17.6 Å². The van der Waals surface area contributed by atoms with Crippen molar-refractivity contribution in [3.8, 4) is 5.69 Å². The Balaban J connectivity index is 2.09. The molecule has 0 aliphatic carbocycles. The number of nitrogens with one attached hydrogen (secondary N) is 1. The number of sulfonamides is 1. The first-order valence-electron chi connectivity index (χ1n) is 8.01. The molecule has 0 aliphatic heterocycles. The lowest BCUT2D eigenvalue weighted by Crippen LogP contribution is -2.18. The molecule has 27 heavy (non-hydrogen) atoms. The van der Waals surface area contributed by atoms with Crippen molar-refractivity contribution >= 4 is 21.8 Å². The highest BCUT2D eigenvalue weighted by Crippen LogP contribution is 2.24. The summed E-state index contributed by atoms with van der Waals surface area (Å²) in [5, 5.41) is 4.06. The third-order valence-electron chi connectivity index (χ3n) is 3.62. The van der Waals surface area contributed by atoms with Gasteiger partial charge in [0.25, 0.3) is 10.0 Å². The largest absolute Gasteiger partial charge is 0.462 e. The fourth-order valence-corrected chi connectivity index (χ4v) is 3.45. The fraction of sp³-hybridized carbons (Fsp3) is 0.111. The van der Waals surface area contributed by atoms with Crippen LogP contribution in [0, 0.1) is 5.82 Å². The second-order valence-electron chi connectivity index (χ2n) is 5.43. The van der Waals surface area contributed by atoms with Gasteiger partial charge >= 0.3 is 5.97 Å². The SMILES string of the molecule is CCOC(=O)c1cnn(-c2ccc(F)cc2)c1NS(=O)(=O)c1ccccc1. The number of rotatable bonds is 6. The number of hydrogen-bond donors (Lipinski definition) is 1. The fourth-order valence-electron chi connectivity index (χ4n) is 2.37. The molecular formula is C18H16FN3O4S. The molecule has 0 atom stereocenters. The van der Waals surface area contributed by atoms with E-state index in [2.05, 4.69) is 9.82 Å². The molecule has 2 aromatic carbocycles. The standard InChI is InChI=1S/C18H16FN3O4S/c1-2-26-18(23)16-12-20-22(14-10-8-13(19)9-11-14)17(16)21-27(24,25)15-6-4-3-5-7-15/h3-12,21H,2H2,1H3. The molecule has 3 rings (SSSR count). The van der Waals surface area contributed by atoms with Crippen LogP contribution in [-0.2, 0) is 14.8 Å². The Morgan fingerprint density at radius 1 is 1.15 bits per heavy atom. The summed E-state index contributed by atoms with van der Waals surface area (Å²) in [6, 6.07) is 12.9. The Labute approximate surface area is 155 Å². The van der Waals surface area contributed by atoms with E-state index in [1.54, 1.807) is 25.1 Å². The number of benzene rings is 2. The molecule has 9 heteroatoms. The van der Waals surface area contributed by atoms with Crippen molar-refractivity contribution in [2.45, 2.75) is 11.8 Å². The van der Waals surface area contributed by atoms with Gasteiger partial charge in [-0.05, 0) is 43.3 Å². The highest BCUT2D eigenvalue weighted by molar-refractivity contribution is 7.92. The van der Waals surface area contributed by atoms with Gasteiger partial charge in [-0.25, -0.2) is 22.3 Å². The minimum atomic E-state index is -3.99. The minimum absolute atomic E-state index is 0.0201. The van der Waals surface area contributed by atoms with Gasteiger partial charge in [-0.15, -0.1) is 0 Å². The number of carbonyl (C=O) groups is 1. The third-order valence-corrected chi connectivity index (χ3v) is 4.98. The Morgan fingerprint density at radius 2 is 1.81 bits per heavy atom. The molecule has 0 aliphatic rings. The minimum Gasteiger partial charge on any atom is -0.462 e. The van der Waals surface area contributed by atoms with Gasteiger partial charge in [-0.2, -0.15) is 5.10 Å². The van der Waals surface area contributed by atoms with Gasteiger partial charge in [-0.3, -0.25) is 4.72 Å². The zero-order chi connectivity index (χ0) is 19.4. The summed E-state index contributed by atoms with van der Waals surface area (Å²) in [7, 11) is -3.99. The summed E-state index contributed by atoms with van der Waals surface area (Å²) < 4.78 is 47.2. The Kier molecular flexibility index (Phi) is 5.22. The van der Waals surface area contributed by atoms with Crippen LogP contribution in [0.4, 0.5) is 10.2 Å². The van der Waals surface area contributed by atoms with Gasteiger partial charge in [0.2, 0.25) is 0 Å². The topological polar surface area (TPSA) is 90.3 Å². The summed E-state index contributed by atoms with van der Waals surface area (Å²) in [6.07, 6.45) is 1.20. The van der Waals surface area contributed by atoms with Crippen molar-refractivity contribution < 1.29 is 22.3 Å². The van der Waals surface area contributed by atoms with E-state index in [1.807, 2.05) is 0 Å². The molecule has 0 spiro atoms. The Hall–Kier alpha value is -3.20. The third kappa shape index (κ3) is 3.98. The monoisotopic (exact) mass is 389 g/mol. The van der Waals surface area contributed by atoms with E-state index in [-0.39, 0.29) is 22.9 Å². The highest BCUT2D eigenvalue weighted by Gasteiger charge is 2.24. The van der Waals surface area contributed by atoms with Crippen molar-refractivity contribution in [1.82, 2.24) is 9.78 Å². The van der Waals surface area contributed by atoms with Crippen molar-refractivity contribution in [3.05, 3.63) is 72.2 Å². The summed E-state index contributed by atoms with van der Waals surface area (Å²) in [5.74, 6) is -1.27. The van der Waals surface area contributed by atoms with E-state index in [0.29, 0.717) is 5.69 Å². The second-order valence-corrected chi connectivity index (χ2v) is 7.12. The van der Waals surface area contributed by atoms with Gasteiger partial charge in [0, 0.05) is 0 Å². The first kappa shape index (κ1) is 18.6. The number of carbonyl (C=O) groups excluding carboxylic acids is 1. The summed E-state index contributed by atoms with van der Waals surface area (Å²) in [4.78, 5) is 12.2. The van der Waals surface area contributed by atoms with Gasteiger partial charge in [0.1, 0.15) is 11.4 Å². The molecule has 3 aromatic rings. The van der Waals surface area contributed by atoms with Gasteiger partial charge < -0.3 is 4.74 Å². The quantitative estimate of drug-likeness (QED) is 0.655. The molecule has 0 radical (unpaired) electrons. The molecule has 7 nitrogen and oxygen atoms in total. The van der Waals surface area contributed by atoms with Gasteiger partial charge in [0.05, 0.1) is 23.4 Å². The lowest BCUT2D eigenvalue weighted by molar-refractivity contribution is 0.0527. The maximum absolute atomic E-state index is 13.2. The number of ether oxygens (including phenoxy) is 1. The zero-order valence-electron chi connectivity index (χ0n) is 14.3. The number of esters is 1. The second kappa shape index (κ2) is 7.58. The summed E-state index contributed by atoms with van der Waals surface area (Å²) in [5.41, 5.74) is 0.318. The first-order chi connectivity index (χ1) is 12.9. The van der Waals surface area contributed by atoms with Gasteiger partial charge in [-0.1, -0.05) is 18.2 Å². The van der Waals surface area contributed by atoms with Crippen molar-refractivity contribution in [2.75, 3.05) is 11.3 Å². The molecule has 0 unspecified atom stereocenters. The van der Waals surface area contributed by atoms with E-state index in [0.717, 1.165) is 0 Å². The lowest BCUT2D eigenvalue weighted by atomic mass is 10.3. The molecule has 1 heterocycles. The molecule has 140 valence electrons. The number of halogens is 1. The highest BCUT2D eigenvalue weighted by atomic mass is 32.2. The number of nitrogens with zero attached hydrogens (tertiary/aromatic N) is 2. The molecule has 0 amide bonds. The maximum atomic E-state index is 13.2. The predicted molar refractivity (Wildman–Crippen MR) is 96.7 cm³/mol. The molecule has 0 saturated heterocycles. The van der Waals surface area contributed by atoms with E-state index >= 15 is 0 Å². The van der Waals surface area contributed by atoms with Crippen LogP contribution in [0.5, 0.6) is 0 Å². The average Bonchev–Trinajstić information content (AvgIpc) is 3.06. The van der Waals surface area contributed by atoms with Crippen LogP contribution in [0.1, 0.15) is 17.3 Å². The summed E-state index contributed by atoms with van der Waals surface area (Å²) in [6.45, 7) is 1.75. The van der Waals surface area contributed by atoms with Crippen LogP contribution < -0.4 is 4.72 Å². The van der Waals surface area contributed by atoms with Gasteiger partial charge in [0.15, 0.2) is 5.82 Å². The normalized spacial score (nSPS) is 11.2. The van der Waals surface area contributed by atoms with Crippen molar-refractivity contribution in [1.29, 1.82) is 0 Å². The van der Waals surface area contributed by atoms with E-state index < -0.39 is 21.8 Å². The van der Waals surface area contributed by atoms with Crippen molar-refractivity contribution in [3.63, 3.8) is 0 Å². The van der Waals surface area contributed by atoms with Crippen LogP contribution in [0.3, 0.4) is 0 Å². The Morgan fingerprint density at radius 3 is 2.44 bits per heavy atom. The molecule has 0 saturated carbocycles. The maximum Gasteiger partial charge on any atom is 0.343 e. The molecule has 0 bridgehead atoms. The van der Waals surface area contributed by atoms with E-state index in [4.69, 9.17) is 4.74 Å². The van der Waals surface area contributed by atoms with Crippen molar-refractivity contribution in [2.24, 2.45) is 0 Å². The van der Waals surface area contributed by atoms with E-state index in [1.165, 1.54) is 47.3 Å².